The van der Waals surface area contributed by atoms with E-state index >= 15 is 0 Å². The summed E-state index contributed by atoms with van der Waals surface area (Å²) in [7, 11) is 1.26. The van der Waals surface area contributed by atoms with Crippen molar-refractivity contribution < 1.29 is 23.9 Å². The maximum absolute atomic E-state index is 12.8. The van der Waals surface area contributed by atoms with Gasteiger partial charge in [0.1, 0.15) is 12.1 Å². The molecule has 2 rings (SSSR count). The monoisotopic (exact) mass is 429 g/mol. The Morgan fingerprint density at radius 2 is 1.58 bits per heavy atom. The molecule has 0 radical (unpaired) electrons. The lowest BCUT2D eigenvalue weighted by Gasteiger charge is -2.27. The molecule has 0 saturated heterocycles. The van der Waals surface area contributed by atoms with Crippen LogP contribution in [0.4, 0.5) is 0 Å². The van der Waals surface area contributed by atoms with Crippen LogP contribution in [0.15, 0.2) is 30.3 Å². The minimum absolute atomic E-state index is 0.176. The van der Waals surface area contributed by atoms with Crippen molar-refractivity contribution in [2.75, 3.05) is 7.11 Å². The summed E-state index contributed by atoms with van der Waals surface area (Å²) >= 11 is 0. The van der Waals surface area contributed by atoms with Gasteiger partial charge in [-0.15, -0.1) is 0 Å². The van der Waals surface area contributed by atoms with Gasteiger partial charge in [0.15, 0.2) is 0 Å². The van der Waals surface area contributed by atoms with Crippen LogP contribution < -0.4 is 16.0 Å². The van der Waals surface area contributed by atoms with E-state index in [1.165, 1.54) is 13.2 Å². The fourth-order valence-electron chi connectivity index (χ4n) is 3.46. The van der Waals surface area contributed by atoms with Crippen molar-refractivity contribution in [2.45, 2.75) is 52.7 Å². The number of hydrogen-bond acceptors (Lipinski definition) is 5. The summed E-state index contributed by atoms with van der Waals surface area (Å²) in [6, 6.07) is 5.04. The lowest BCUT2D eigenvalue weighted by Crippen LogP contribution is -2.55. The highest BCUT2D eigenvalue weighted by Crippen LogP contribution is 2.26. The van der Waals surface area contributed by atoms with Gasteiger partial charge in [0.25, 0.3) is 5.91 Å². The first kappa shape index (κ1) is 24.1. The van der Waals surface area contributed by atoms with E-state index in [-0.39, 0.29) is 23.8 Å². The zero-order valence-electron chi connectivity index (χ0n) is 18.8. The van der Waals surface area contributed by atoms with Crippen LogP contribution in [-0.4, -0.2) is 48.9 Å². The predicted molar refractivity (Wildman–Crippen MR) is 117 cm³/mol. The number of benzene rings is 1. The molecule has 3 amide bonds. The molecule has 0 bridgehead atoms. The quantitative estimate of drug-likeness (QED) is 0.451. The number of carbonyl (C=O) groups excluding carboxylic acids is 4. The largest absolute Gasteiger partial charge is 0.467 e. The van der Waals surface area contributed by atoms with E-state index in [1.54, 1.807) is 58.9 Å². The number of hydrogen-bond donors (Lipinski definition) is 3. The molecule has 0 saturated carbocycles. The minimum atomic E-state index is -0.848. The van der Waals surface area contributed by atoms with Crippen LogP contribution in [0.3, 0.4) is 0 Å². The van der Waals surface area contributed by atoms with Crippen molar-refractivity contribution in [1.82, 2.24) is 16.0 Å². The van der Waals surface area contributed by atoms with Crippen LogP contribution in [-0.2, 0) is 19.1 Å². The molecular formula is C23H31N3O5. The molecule has 1 heterocycles. The van der Waals surface area contributed by atoms with Gasteiger partial charge >= 0.3 is 5.97 Å². The number of fused-ring (bicyclic) bond motifs is 1. The lowest BCUT2D eigenvalue weighted by molar-refractivity contribution is -0.146. The molecule has 0 fully saturated rings. The summed E-state index contributed by atoms with van der Waals surface area (Å²) in [5.74, 6) is -2.05. The number of nitrogens with one attached hydrogen (secondary N) is 3. The van der Waals surface area contributed by atoms with Gasteiger partial charge in [-0.3, -0.25) is 14.4 Å². The Labute approximate surface area is 182 Å². The van der Waals surface area contributed by atoms with E-state index < -0.39 is 29.9 Å². The van der Waals surface area contributed by atoms with Crippen LogP contribution in [0.25, 0.3) is 5.57 Å². The van der Waals surface area contributed by atoms with Gasteiger partial charge in [0.2, 0.25) is 11.8 Å². The Balaban J connectivity index is 2.23. The van der Waals surface area contributed by atoms with Crippen molar-refractivity contribution in [2.24, 2.45) is 11.8 Å². The highest BCUT2D eigenvalue weighted by atomic mass is 16.5. The predicted octanol–water partition coefficient (Wildman–Crippen LogP) is 1.66. The molecule has 1 aromatic rings. The topological polar surface area (TPSA) is 114 Å². The van der Waals surface area contributed by atoms with Gasteiger partial charge in [-0.25, -0.2) is 4.79 Å². The van der Waals surface area contributed by atoms with E-state index in [9.17, 15) is 19.2 Å². The molecule has 1 aromatic carbocycles. The summed E-state index contributed by atoms with van der Waals surface area (Å²) in [4.78, 5) is 49.8. The summed E-state index contributed by atoms with van der Waals surface area (Å²) in [5.41, 5.74) is 1.84. The first-order valence-corrected chi connectivity index (χ1v) is 10.4. The lowest BCUT2D eigenvalue weighted by atomic mass is 9.90. The SMILES string of the molecule is COC(=O)[C@@H](NC(=O)[C@H](NC(=O)/C=C1/c2ccccc2C(=O)N[C@H]1C)C(C)C)C(C)C. The Kier molecular flexibility index (Phi) is 7.96. The summed E-state index contributed by atoms with van der Waals surface area (Å²) in [5, 5.41) is 8.25. The Morgan fingerprint density at radius 1 is 1.00 bits per heavy atom. The fraction of sp³-hybridized carbons (Fsp3) is 0.478. The van der Waals surface area contributed by atoms with Gasteiger partial charge in [-0.2, -0.15) is 0 Å². The van der Waals surface area contributed by atoms with E-state index in [4.69, 9.17) is 4.74 Å². The molecule has 0 spiro atoms. The number of methoxy groups -OCH3 is 1. The number of rotatable bonds is 7. The van der Waals surface area contributed by atoms with Crippen molar-refractivity contribution in [3.8, 4) is 0 Å². The van der Waals surface area contributed by atoms with E-state index in [1.807, 2.05) is 0 Å². The Hall–Kier alpha value is -3.16. The minimum Gasteiger partial charge on any atom is -0.467 e. The van der Waals surface area contributed by atoms with Gasteiger partial charge < -0.3 is 20.7 Å². The molecule has 8 nitrogen and oxygen atoms in total. The average molecular weight is 430 g/mol. The molecule has 0 aromatic heterocycles. The molecule has 8 heteroatoms. The first-order valence-electron chi connectivity index (χ1n) is 10.4. The number of amides is 3. The average Bonchev–Trinajstić information content (AvgIpc) is 2.72. The smallest absolute Gasteiger partial charge is 0.328 e. The Morgan fingerprint density at radius 3 is 2.13 bits per heavy atom. The first-order chi connectivity index (χ1) is 14.6. The molecule has 3 N–H and O–H groups in total. The third-order valence-corrected chi connectivity index (χ3v) is 5.25. The molecule has 1 aliphatic rings. The molecule has 31 heavy (non-hydrogen) atoms. The molecule has 168 valence electrons. The van der Waals surface area contributed by atoms with Crippen molar-refractivity contribution in [1.29, 1.82) is 0 Å². The van der Waals surface area contributed by atoms with E-state index in [2.05, 4.69) is 16.0 Å². The second-order valence-corrected chi connectivity index (χ2v) is 8.32. The number of ether oxygens (including phenoxy) is 1. The second-order valence-electron chi connectivity index (χ2n) is 8.32. The van der Waals surface area contributed by atoms with Crippen LogP contribution >= 0.6 is 0 Å². The number of carbonyl (C=O) groups is 4. The summed E-state index contributed by atoms with van der Waals surface area (Å²) < 4.78 is 4.77. The highest BCUT2D eigenvalue weighted by Gasteiger charge is 2.31. The maximum Gasteiger partial charge on any atom is 0.328 e. The van der Waals surface area contributed by atoms with Crippen LogP contribution in [0.5, 0.6) is 0 Å². The normalized spacial score (nSPS) is 18.8. The van der Waals surface area contributed by atoms with Crippen LogP contribution in [0.1, 0.15) is 50.5 Å². The summed E-state index contributed by atoms with van der Waals surface area (Å²) in [6.07, 6.45) is 1.41. The van der Waals surface area contributed by atoms with Gasteiger partial charge in [-0.1, -0.05) is 45.9 Å². The Bertz CT molecular complexity index is 891. The third kappa shape index (κ3) is 5.71. The highest BCUT2D eigenvalue weighted by molar-refractivity contribution is 6.07. The van der Waals surface area contributed by atoms with Crippen molar-refractivity contribution in [3.63, 3.8) is 0 Å². The van der Waals surface area contributed by atoms with Crippen LogP contribution in [0, 0.1) is 11.8 Å². The summed E-state index contributed by atoms with van der Waals surface area (Å²) in [6.45, 7) is 9.00. The molecule has 3 atom stereocenters. The molecule has 0 unspecified atom stereocenters. The third-order valence-electron chi connectivity index (χ3n) is 5.25. The standard InChI is InChI=1S/C23H31N3O5/c1-12(2)19(22(29)26-20(13(3)4)23(30)31-6)25-18(27)11-17-14(5)24-21(28)16-10-8-7-9-15(16)17/h7-14,19-20H,1-6H3,(H,24,28)(H,25,27)(H,26,29)/b17-11+/t14-,19+,20-/m0/s1. The van der Waals surface area contributed by atoms with E-state index in [0.717, 1.165) is 0 Å². The number of esters is 1. The van der Waals surface area contributed by atoms with Crippen molar-refractivity contribution in [3.05, 3.63) is 41.5 Å². The second kappa shape index (κ2) is 10.2. The van der Waals surface area contributed by atoms with Gasteiger partial charge in [0, 0.05) is 11.6 Å². The van der Waals surface area contributed by atoms with Gasteiger partial charge in [-0.05, 0) is 36.0 Å². The zero-order valence-corrected chi connectivity index (χ0v) is 18.8. The van der Waals surface area contributed by atoms with Crippen molar-refractivity contribution >= 4 is 29.3 Å². The van der Waals surface area contributed by atoms with Crippen LogP contribution in [0.2, 0.25) is 0 Å². The zero-order chi connectivity index (χ0) is 23.3. The fourth-order valence-corrected chi connectivity index (χ4v) is 3.46. The molecular weight excluding hydrogens is 398 g/mol. The molecule has 1 aliphatic heterocycles. The maximum atomic E-state index is 12.8. The molecule has 0 aliphatic carbocycles. The van der Waals surface area contributed by atoms with Gasteiger partial charge in [0.05, 0.1) is 13.2 Å². The van der Waals surface area contributed by atoms with E-state index in [0.29, 0.717) is 16.7 Å².